The van der Waals surface area contributed by atoms with Gasteiger partial charge in [-0.05, 0) is 14.1 Å². The van der Waals surface area contributed by atoms with E-state index >= 15 is 0 Å². The van der Waals surface area contributed by atoms with Crippen LogP contribution in [-0.2, 0) is 6.54 Å². The fourth-order valence-electron chi connectivity index (χ4n) is 1.42. The summed E-state index contributed by atoms with van der Waals surface area (Å²) in [5.74, 6) is 0. The van der Waals surface area contributed by atoms with Gasteiger partial charge in [-0.2, -0.15) is 5.10 Å². The van der Waals surface area contributed by atoms with Crippen LogP contribution in [0.4, 0.5) is 5.69 Å². The van der Waals surface area contributed by atoms with Gasteiger partial charge in [-0.1, -0.05) is 0 Å². The van der Waals surface area contributed by atoms with E-state index in [-0.39, 0.29) is 5.56 Å². The zero-order chi connectivity index (χ0) is 12.8. The zero-order valence-corrected chi connectivity index (χ0v) is 10.8. The van der Waals surface area contributed by atoms with Crippen molar-refractivity contribution in [3.63, 3.8) is 0 Å². The topological polar surface area (TPSA) is 67.4 Å². The third-order valence-corrected chi connectivity index (χ3v) is 2.52. The molecule has 0 saturated carbocycles. The molecular weight excluding hydrogens is 218 g/mol. The molecule has 0 spiro atoms. The second-order valence-electron chi connectivity index (χ2n) is 4.29. The molecule has 96 valence electrons. The Labute approximate surface area is 102 Å². The van der Waals surface area contributed by atoms with Gasteiger partial charge < -0.3 is 15.5 Å². The summed E-state index contributed by atoms with van der Waals surface area (Å²) in [5, 5.41) is 4.15. The summed E-state index contributed by atoms with van der Waals surface area (Å²) in [7, 11) is 5.83. The second kappa shape index (κ2) is 6.36. The minimum Gasteiger partial charge on any atom is -0.372 e. The number of hydrogen-bond donors (Lipinski definition) is 1. The first kappa shape index (κ1) is 13.7. The standard InChI is InChI=1S/C11H21N5O/c1-14(2)6-7-16-11(17)8-10(9-13-16)15(3)5-4-12/h8-9H,4-7,12H2,1-3H3. The first-order chi connectivity index (χ1) is 8.04. The number of nitrogens with two attached hydrogens (primary N) is 1. The second-order valence-corrected chi connectivity index (χ2v) is 4.29. The highest BCUT2D eigenvalue weighted by molar-refractivity contribution is 5.41. The average Bonchev–Trinajstić information content (AvgIpc) is 2.27. The summed E-state index contributed by atoms with van der Waals surface area (Å²) in [6.45, 7) is 2.67. The van der Waals surface area contributed by atoms with E-state index in [9.17, 15) is 4.79 Å². The molecule has 0 fully saturated rings. The lowest BCUT2D eigenvalue weighted by Crippen LogP contribution is -2.31. The Kier molecular flexibility index (Phi) is 5.11. The van der Waals surface area contributed by atoms with Crippen LogP contribution in [0.1, 0.15) is 0 Å². The quantitative estimate of drug-likeness (QED) is 0.704. The van der Waals surface area contributed by atoms with Crippen molar-refractivity contribution in [2.75, 3.05) is 45.7 Å². The molecule has 0 atom stereocenters. The molecule has 2 N–H and O–H groups in total. The van der Waals surface area contributed by atoms with Crippen molar-refractivity contribution in [1.82, 2.24) is 14.7 Å². The average molecular weight is 239 g/mol. The monoisotopic (exact) mass is 239 g/mol. The number of rotatable bonds is 6. The fourth-order valence-corrected chi connectivity index (χ4v) is 1.42. The van der Waals surface area contributed by atoms with Gasteiger partial charge in [-0.15, -0.1) is 0 Å². The van der Waals surface area contributed by atoms with Crippen molar-refractivity contribution < 1.29 is 0 Å². The van der Waals surface area contributed by atoms with E-state index in [0.29, 0.717) is 19.6 Å². The summed E-state index contributed by atoms with van der Waals surface area (Å²) in [6, 6.07) is 1.60. The van der Waals surface area contributed by atoms with Crippen LogP contribution < -0.4 is 16.2 Å². The molecule has 6 heteroatoms. The van der Waals surface area contributed by atoms with Crippen LogP contribution in [0.5, 0.6) is 0 Å². The highest BCUT2D eigenvalue weighted by Crippen LogP contribution is 2.05. The molecule has 0 bridgehead atoms. The third-order valence-electron chi connectivity index (χ3n) is 2.52. The lowest BCUT2D eigenvalue weighted by Gasteiger charge is -2.18. The molecular formula is C11H21N5O. The number of likely N-dealkylation sites (N-methyl/N-ethyl adjacent to an activating group) is 2. The van der Waals surface area contributed by atoms with Crippen LogP contribution in [0, 0.1) is 0 Å². The SMILES string of the molecule is CN(C)CCn1ncc(N(C)CCN)cc1=O. The van der Waals surface area contributed by atoms with Gasteiger partial charge in [0.05, 0.1) is 18.4 Å². The Morgan fingerprint density at radius 1 is 1.35 bits per heavy atom. The van der Waals surface area contributed by atoms with Crippen LogP contribution in [0.2, 0.25) is 0 Å². The van der Waals surface area contributed by atoms with Crippen molar-refractivity contribution in [3.8, 4) is 0 Å². The first-order valence-corrected chi connectivity index (χ1v) is 5.67. The van der Waals surface area contributed by atoms with Crippen molar-refractivity contribution in [2.24, 2.45) is 5.73 Å². The van der Waals surface area contributed by atoms with Gasteiger partial charge in [-0.3, -0.25) is 4.79 Å². The van der Waals surface area contributed by atoms with Gasteiger partial charge in [0.1, 0.15) is 0 Å². The minimum absolute atomic E-state index is 0.0757. The Bertz CT molecular complexity index is 401. The molecule has 1 rings (SSSR count). The first-order valence-electron chi connectivity index (χ1n) is 5.67. The Morgan fingerprint density at radius 2 is 2.06 bits per heavy atom. The van der Waals surface area contributed by atoms with Gasteiger partial charge in [-0.25, -0.2) is 4.68 Å². The van der Waals surface area contributed by atoms with E-state index in [2.05, 4.69) is 5.10 Å². The molecule has 0 saturated heterocycles. The Morgan fingerprint density at radius 3 is 2.59 bits per heavy atom. The maximum Gasteiger partial charge on any atom is 0.268 e. The van der Waals surface area contributed by atoms with Crippen LogP contribution >= 0.6 is 0 Å². The van der Waals surface area contributed by atoms with Crippen molar-refractivity contribution in [1.29, 1.82) is 0 Å². The molecule has 1 heterocycles. The summed E-state index contributed by atoms with van der Waals surface area (Å²) < 4.78 is 1.47. The molecule has 0 radical (unpaired) electrons. The smallest absolute Gasteiger partial charge is 0.268 e. The Hall–Kier alpha value is -1.40. The maximum absolute atomic E-state index is 11.8. The molecule has 0 aromatic carbocycles. The highest BCUT2D eigenvalue weighted by atomic mass is 16.1. The molecule has 17 heavy (non-hydrogen) atoms. The van der Waals surface area contributed by atoms with Gasteiger partial charge in [0.15, 0.2) is 0 Å². The van der Waals surface area contributed by atoms with Crippen LogP contribution in [0.15, 0.2) is 17.1 Å². The van der Waals surface area contributed by atoms with Crippen molar-refractivity contribution in [2.45, 2.75) is 6.54 Å². The van der Waals surface area contributed by atoms with Crippen molar-refractivity contribution >= 4 is 5.69 Å². The van der Waals surface area contributed by atoms with E-state index in [4.69, 9.17) is 5.73 Å². The molecule has 0 aliphatic rings. The van der Waals surface area contributed by atoms with Gasteiger partial charge in [0, 0.05) is 32.7 Å². The number of hydrogen-bond acceptors (Lipinski definition) is 5. The molecule has 0 aliphatic heterocycles. The largest absolute Gasteiger partial charge is 0.372 e. The normalized spacial score (nSPS) is 10.9. The molecule has 6 nitrogen and oxygen atoms in total. The maximum atomic E-state index is 11.8. The Balaban J connectivity index is 2.75. The lowest BCUT2D eigenvalue weighted by molar-refractivity contribution is 0.367. The van der Waals surface area contributed by atoms with Gasteiger partial charge >= 0.3 is 0 Å². The van der Waals surface area contributed by atoms with E-state index in [1.807, 2.05) is 30.9 Å². The van der Waals surface area contributed by atoms with E-state index < -0.39 is 0 Å². The summed E-state index contributed by atoms with van der Waals surface area (Å²) in [4.78, 5) is 15.7. The van der Waals surface area contributed by atoms with Gasteiger partial charge in [0.2, 0.25) is 0 Å². The number of anilines is 1. The summed E-state index contributed by atoms with van der Waals surface area (Å²) >= 11 is 0. The highest BCUT2D eigenvalue weighted by Gasteiger charge is 2.04. The zero-order valence-electron chi connectivity index (χ0n) is 10.8. The third kappa shape index (κ3) is 4.16. The minimum atomic E-state index is -0.0757. The predicted molar refractivity (Wildman–Crippen MR) is 69.4 cm³/mol. The van der Waals surface area contributed by atoms with Crippen LogP contribution in [-0.4, -0.2) is 55.5 Å². The van der Waals surface area contributed by atoms with E-state index in [0.717, 1.165) is 12.2 Å². The summed E-state index contributed by atoms with van der Waals surface area (Å²) in [5.41, 5.74) is 6.20. The van der Waals surface area contributed by atoms with Crippen molar-refractivity contribution in [3.05, 3.63) is 22.6 Å². The van der Waals surface area contributed by atoms with Crippen LogP contribution in [0.3, 0.4) is 0 Å². The molecule has 0 amide bonds. The van der Waals surface area contributed by atoms with Gasteiger partial charge in [0.25, 0.3) is 5.56 Å². The molecule has 0 unspecified atom stereocenters. The number of aromatic nitrogens is 2. The fraction of sp³-hybridized carbons (Fsp3) is 0.636. The summed E-state index contributed by atoms with van der Waals surface area (Å²) in [6.07, 6.45) is 1.70. The lowest BCUT2D eigenvalue weighted by atomic mass is 10.4. The van der Waals surface area contributed by atoms with E-state index in [1.165, 1.54) is 4.68 Å². The predicted octanol–water partition coefficient (Wildman–Crippen LogP) is -0.800. The molecule has 1 aromatic heterocycles. The number of nitrogens with zero attached hydrogens (tertiary/aromatic N) is 4. The molecule has 0 aliphatic carbocycles. The molecule has 1 aromatic rings. The van der Waals surface area contributed by atoms with Crippen LogP contribution in [0.25, 0.3) is 0 Å². The van der Waals surface area contributed by atoms with E-state index in [1.54, 1.807) is 12.3 Å².